The van der Waals surface area contributed by atoms with Crippen molar-refractivity contribution < 1.29 is 38.5 Å². The third-order valence-corrected chi connectivity index (χ3v) is 9.66. The van der Waals surface area contributed by atoms with Crippen LogP contribution in [0.5, 0.6) is 11.5 Å². The molecule has 0 saturated carbocycles. The van der Waals surface area contributed by atoms with E-state index in [-0.39, 0.29) is 47.4 Å². The van der Waals surface area contributed by atoms with Crippen molar-refractivity contribution in [1.82, 2.24) is 20.4 Å². The molecule has 13 nitrogen and oxygen atoms in total. The van der Waals surface area contributed by atoms with Crippen LogP contribution < -0.4 is 15.4 Å². The van der Waals surface area contributed by atoms with Crippen LogP contribution in [0.1, 0.15) is 63.8 Å². The minimum absolute atomic E-state index is 0.00335. The number of rotatable bonds is 6. The molecule has 4 unspecified atom stereocenters. The van der Waals surface area contributed by atoms with Gasteiger partial charge in [0.05, 0.1) is 32.4 Å². The zero-order valence-electron chi connectivity index (χ0n) is 28.3. The summed E-state index contributed by atoms with van der Waals surface area (Å²) in [6, 6.07) is 0.472. The number of alkyl carbamates (subject to hydrolysis) is 1. The molecule has 3 aliphatic heterocycles. The summed E-state index contributed by atoms with van der Waals surface area (Å²) in [4.78, 5) is 57.5. The number of allylic oxidation sites excluding steroid dienone is 2. The number of ketones is 2. The largest absolute Gasteiger partial charge is 0.504 e. The number of carbonyl (C=O) groups is 4. The third-order valence-electron chi connectivity index (χ3n) is 9.66. The van der Waals surface area contributed by atoms with Gasteiger partial charge in [-0.1, -0.05) is 6.07 Å². The number of likely N-dealkylation sites (N-methyl/N-ethyl adjacent to an activating group) is 1. The molecule has 13 heteroatoms. The Morgan fingerprint density at radius 1 is 1.13 bits per heavy atom. The second kappa shape index (κ2) is 12.3. The molecule has 1 aliphatic carbocycles. The van der Waals surface area contributed by atoms with Gasteiger partial charge in [0.1, 0.15) is 17.7 Å². The number of Topliss-reactive ketones (excluding diaryl/α,β-unsaturated/α-hetero) is 2. The van der Waals surface area contributed by atoms with E-state index in [1.165, 1.54) is 21.1 Å². The van der Waals surface area contributed by atoms with Crippen molar-refractivity contribution >= 4 is 23.6 Å². The molecule has 4 aliphatic rings. The molecule has 2 amide bonds. The third kappa shape index (κ3) is 5.63. The number of fused-ring (bicyclic) bond motifs is 6. The van der Waals surface area contributed by atoms with Gasteiger partial charge in [0.2, 0.25) is 11.7 Å². The maximum absolute atomic E-state index is 14.0. The van der Waals surface area contributed by atoms with Crippen LogP contribution in [0, 0.1) is 18.3 Å². The van der Waals surface area contributed by atoms with Crippen molar-refractivity contribution in [2.75, 3.05) is 27.8 Å². The highest BCUT2D eigenvalue weighted by Gasteiger charge is 2.58. The molecule has 5 rings (SSSR count). The molecule has 0 radical (unpaired) electrons. The Morgan fingerprint density at radius 3 is 2.40 bits per heavy atom. The molecule has 0 spiro atoms. The molecule has 47 heavy (non-hydrogen) atoms. The van der Waals surface area contributed by atoms with E-state index < -0.39 is 53.6 Å². The normalized spacial score (nSPS) is 26.4. The zero-order valence-corrected chi connectivity index (χ0v) is 28.3. The summed E-state index contributed by atoms with van der Waals surface area (Å²) in [5.74, 6) is -1.08. The van der Waals surface area contributed by atoms with Gasteiger partial charge in [-0.05, 0) is 72.6 Å². The lowest BCUT2D eigenvalue weighted by Gasteiger charge is -2.60. The summed E-state index contributed by atoms with van der Waals surface area (Å²) in [7, 11) is 4.72. The maximum atomic E-state index is 14.0. The number of methoxy groups -OCH3 is 2. The van der Waals surface area contributed by atoms with Crippen LogP contribution in [-0.2, 0) is 30.3 Å². The van der Waals surface area contributed by atoms with Crippen LogP contribution >= 0.6 is 0 Å². The SMILES string of the molecule is COC1=C(C)C(=O)C2=C(C1=O)C(CNC(=O)C(C)NC(=O)OC(C)(C)C)N1[C@@H](C#N)C3Cc4cc(C)c(OC)c(O)c4C([C@@H]1C2)N3C. The van der Waals surface area contributed by atoms with E-state index in [2.05, 4.69) is 21.6 Å². The summed E-state index contributed by atoms with van der Waals surface area (Å²) < 4.78 is 16.2. The molecule has 3 heterocycles. The van der Waals surface area contributed by atoms with Gasteiger partial charge in [-0.2, -0.15) is 5.26 Å². The first-order chi connectivity index (χ1) is 22.1. The minimum atomic E-state index is -0.990. The fraction of sp³-hybridized carbons (Fsp3) is 0.559. The highest BCUT2D eigenvalue weighted by atomic mass is 16.6. The fourth-order valence-electron chi connectivity index (χ4n) is 7.71. The summed E-state index contributed by atoms with van der Waals surface area (Å²) >= 11 is 0. The Kier molecular flexibility index (Phi) is 8.89. The molecular weight excluding hydrogens is 606 g/mol. The molecule has 6 atom stereocenters. The first-order valence-corrected chi connectivity index (χ1v) is 15.7. The summed E-state index contributed by atoms with van der Waals surface area (Å²) in [5.41, 5.74) is 2.20. The molecule has 0 aromatic heterocycles. The van der Waals surface area contributed by atoms with Gasteiger partial charge in [-0.15, -0.1) is 0 Å². The number of benzene rings is 1. The Morgan fingerprint density at radius 2 is 1.81 bits per heavy atom. The standard InChI is InChI=1S/C34H43N5O8/c1-15-10-18-11-20-22(13-35)39-21(26(38(20)7)24(18)28(41)30(15)45-8)12-19-25(29(42)31(46-9)16(2)27(19)40)23(39)14-36-32(43)17(3)37-33(44)47-34(4,5)6/h10,17,20-23,26,41H,11-12,14H2,1-9H3,(H,36,43)(H,37,44)/t17?,20?,21-,22-,23?,26?/m0/s1. The van der Waals surface area contributed by atoms with Gasteiger partial charge >= 0.3 is 6.09 Å². The first kappa shape index (κ1) is 33.9. The van der Waals surface area contributed by atoms with Gasteiger partial charge in [0, 0.05) is 40.9 Å². The number of piperazine rings is 1. The quantitative estimate of drug-likeness (QED) is 0.387. The second-order valence-corrected chi connectivity index (χ2v) is 13.7. The number of ether oxygens (including phenoxy) is 3. The number of phenolic OH excluding ortho intramolecular Hbond substituents is 1. The molecule has 1 fully saturated rings. The van der Waals surface area contributed by atoms with Crippen molar-refractivity contribution in [2.24, 2.45) is 0 Å². The van der Waals surface area contributed by atoms with Crippen LogP contribution in [0.25, 0.3) is 0 Å². The predicted molar refractivity (Wildman–Crippen MR) is 169 cm³/mol. The van der Waals surface area contributed by atoms with E-state index in [0.717, 1.165) is 11.1 Å². The van der Waals surface area contributed by atoms with Crippen molar-refractivity contribution in [1.29, 1.82) is 5.26 Å². The Bertz CT molecular complexity index is 1650. The van der Waals surface area contributed by atoms with Crippen LogP contribution in [0.2, 0.25) is 0 Å². The predicted octanol–water partition coefficient (Wildman–Crippen LogP) is 2.35. The van der Waals surface area contributed by atoms with Gasteiger partial charge in [-0.3, -0.25) is 24.2 Å². The van der Waals surface area contributed by atoms with Crippen molar-refractivity contribution in [3.05, 3.63) is 45.2 Å². The first-order valence-electron chi connectivity index (χ1n) is 15.7. The highest BCUT2D eigenvalue weighted by Crippen LogP contribution is 2.53. The molecule has 3 N–H and O–H groups in total. The second-order valence-electron chi connectivity index (χ2n) is 13.7. The summed E-state index contributed by atoms with van der Waals surface area (Å²) in [6.07, 6.45) is -0.189. The number of hydrogen-bond acceptors (Lipinski definition) is 11. The van der Waals surface area contributed by atoms with Crippen LogP contribution in [0.15, 0.2) is 28.5 Å². The van der Waals surface area contributed by atoms with E-state index in [1.54, 1.807) is 27.7 Å². The molecule has 252 valence electrons. The number of aromatic hydroxyl groups is 1. The average molecular weight is 650 g/mol. The van der Waals surface area contributed by atoms with Crippen LogP contribution in [-0.4, -0.2) is 102 Å². The number of carbonyl (C=O) groups excluding carboxylic acids is 4. The summed E-state index contributed by atoms with van der Waals surface area (Å²) in [5, 5.41) is 27.6. The number of aryl methyl sites for hydroxylation is 1. The average Bonchev–Trinajstić information content (AvgIpc) is 2.98. The molecule has 1 saturated heterocycles. The van der Waals surface area contributed by atoms with E-state index in [1.807, 2.05) is 24.9 Å². The lowest BCUT2D eigenvalue weighted by atomic mass is 9.69. The van der Waals surface area contributed by atoms with E-state index in [9.17, 15) is 29.5 Å². The Labute approximate surface area is 274 Å². The topological polar surface area (TPSA) is 171 Å². The monoisotopic (exact) mass is 649 g/mol. The summed E-state index contributed by atoms with van der Waals surface area (Å²) in [6.45, 7) is 9.90. The zero-order chi connectivity index (χ0) is 34.7. The van der Waals surface area contributed by atoms with Crippen LogP contribution in [0.4, 0.5) is 4.79 Å². The molecule has 1 aromatic rings. The molecule has 2 bridgehead atoms. The number of hydrogen-bond donors (Lipinski definition) is 3. The highest BCUT2D eigenvalue weighted by molar-refractivity contribution is 6.25. The Hall–Kier alpha value is -4.41. The van der Waals surface area contributed by atoms with Crippen molar-refractivity contribution in [2.45, 2.75) is 96.2 Å². The fourth-order valence-corrected chi connectivity index (χ4v) is 7.71. The lowest BCUT2D eigenvalue weighted by molar-refractivity contribution is -0.125. The van der Waals surface area contributed by atoms with Gasteiger partial charge in [0.25, 0.3) is 0 Å². The van der Waals surface area contributed by atoms with Crippen molar-refractivity contribution in [3.63, 3.8) is 0 Å². The van der Waals surface area contributed by atoms with E-state index >= 15 is 0 Å². The Balaban J connectivity index is 1.59. The number of nitrogens with zero attached hydrogens (tertiary/aromatic N) is 3. The van der Waals surface area contributed by atoms with Crippen molar-refractivity contribution in [3.8, 4) is 17.6 Å². The van der Waals surface area contributed by atoms with E-state index in [4.69, 9.17) is 14.2 Å². The minimum Gasteiger partial charge on any atom is -0.504 e. The smallest absolute Gasteiger partial charge is 0.408 e. The molecular formula is C34H43N5O8. The molecule has 1 aromatic carbocycles. The number of amides is 2. The number of nitriles is 1. The lowest BCUT2D eigenvalue weighted by Crippen LogP contribution is -2.71. The van der Waals surface area contributed by atoms with Crippen LogP contribution in [0.3, 0.4) is 0 Å². The van der Waals surface area contributed by atoms with Gasteiger partial charge < -0.3 is 30.0 Å². The van der Waals surface area contributed by atoms with E-state index in [0.29, 0.717) is 23.3 Å². The number of nitrogens with one attached hydrogen (secondary N) is 2. The van der Waals surface area contributed by atoms with Gasteiger partial charge in [0.15, 0.2) is 23.0 Å². The van der Waals surface area contributed by atoms with Gasteiger partial charge in [-0.25, -0.2) is 4.79 Å². The number of phenols is 1. The maximum Gasteiger partial charge on any atom is 0.408 e.